The van der Waals surface area contributed by atoms with Crippen molar-refractivity contribution in [2.45, 2.75) is 13.5 Å². The fourth-order valence-corrected chi connectivity index (χ4v) is 3.92. The predicted octanol–water partition coefficient (Wildman–Crippen LogP) is 3.11. The van der Waals surface area contributed by atoms with Crippen molar-refractivity contribution in [3.05, 3.63) is 77.9 Å². The van der Waals surface area contributed by atoms with Crippen LogP contribution < -0.4 is 5.32 Å². The first-order chi connectivity index (χ1) is 18.4. The number of esters is 2. The number of hydrogen-bond donors (Lipinski definition) is 2. The number of aromatic amines is 1. The van der Waals surface area contributed by atoms with Crippen molar-refractivity contribution >= 4 is 39.7 Å². The summed E-state index contributed by atoms with van der Waals surface area (Å²) in [6, 6.07) is 21.7. The number of nitrogens with zero attached hydrogens (tertiary/aromatic N) is 4. The van der Waals surface area contributed by atoms with Gasteiger partial charge in [0.25, 0.3) is 5.91 Å². The highest BCUT2D eigenvalue weighted by molar-refractivity contribution is 6.09. The van der Waals surface area contributed by atoms with Gasteiger partial charge in [0.05, 0.1) is 14.2 Å². The van der Waals surface area contributed by atoms with Crippen LogP contribution in [0.15, 0.2) is 66.7 Å². The van der Waals surface area contributed by atoms with Gasteiger partial charge in [-0.15, -0.1) is 10.2 Å². The number of fused-ring (bicyclic) bond motifs is 3. The number of hydrogen-bond acceptors (Lipinski definition) is 8. The van der Waals surface area contributed by atoms with E-state index in [4.69, 9.17) is 0 Å². The van der Waals surface area contributed by atoms with Gasteiger partial charge in [-0.3, -0.25) is 14.4 Å². The van der Waals surface area contributed by atoms with Gasteiger partial charge in [-0.05, 0) is 47.2 Å². The number of ether oxygens (including phenoxy) is 2. The Morgan fingerprint density at radius 3 is 2.29 bits per heavy atom. The fraction of sp³-hybridized carbons (Fsp3) is 0.185. The number of rotatable bonds is 6. The van der Waals surface area contributed by atoms with Crippen LogP contribution in [-0.4, -0.2) is 63.8 Å². The van der Waals surface area contributed by atoms with E-state index in [0.29, 0.717) is 17.9 Å². The molecular weight excluding hydrogens is 488 g/mol. The van der Waals surface area contributed by atoms with Gasteiger partial charge in [-0.1, -0.05) is 30.3 Å². The molecule has 38 heavy (non-hydrogen) atoms. The molecule has 2 heterocycles. The van der Waals surface area contributed by atoms with E-state index in [-0.39, 0.29) is 18.4 Å². The number of aromatic nitrogens is 5. The molecule has 0 spiro atoms. The first-order valence-corrected chi connectivity index (χ1v) is 11.6. The minimum absolute atomic E-state index is 0.162. The second-order valence-electron chi connectivity index (χ2n) is 8.22. The van der Waals surface area contributed by atoms with Crippen LogP contribution in [0.4, 0.5) is 0 Å². The minimum Gasteiger partial charge on any atom is -0.469 e. The first kappa shape index (κ1) is 26.0. The lowest BCUT2D eigenvalue weighted by Crippen LogP contribution is -2.30. The lowest BCUT2D eigenvalue weighted by atomic mass is 10.1. The first-order valence-electron chi connectivity index (χ1n) is 11.6. The Kier molecular flexibility index (Phi) is 8.07. The zero-order valence-electron chi connectivity index (χ0n) is 21.1. The van der Waals surface area contributed by atoms with E-state index < -0.39 is 5.97 Å². The molecule has 194 valence electrons. The van der Waals surface area contributed by atoms with E-state index in [0.717, 1.165) is 32.9 Å². The number of benzene rings is 3. The smallest absolute Gasteiger partial charge is 0.325 e. The van der Waals surface area contributed by atoms with Crippen molar-refractivity contribution in [2.75, 3.05) is 20.8 Å². The van der Waals surface area contributed by atoms with E-state index in [2.05, 4.69) is 64.2 Å². The van der Waals surface area contributed by atoms with E-state index in [9.17, 15) is 14.4 Å². The summed E-state index contributed by atoms with van der Waals surface area (Å²) >= 11 is 0. The van der Waals surface area contributed by atoms with Crippen molar-refractivity contribution in [3.63, 3.8) is 0 Å². The number of carbonyl (C=O) groups is 3. The number of methoxy groups -OCH3 is 2. The maximum Gasteiger partial charge on any atom is 0.325 e. The third-order valence-electron chi connectivity index (χ3n) is 5.84. The lowest BCUT2D eigenvalue weighted by Gasteiger charge is -2.09. The Labute approximate surface area is 217 Å². The van der Waals surface area contributed by atoms with Crippen LogP contribution in [0.1, 0.15) is 22.8 Å². The van der Waals surface area contributed by atoms with Crippen molar-refractivity contribution in [1.82, 2.24) is 30.5 Å². The Balaban J connectivity index is 0.000000617. The molecule has 0 saturated carbocycles. The molecule has 5 rings (SSSR count). The van der Waals surface area contributed by atoms with Gasteiger partial charge in [-0.25, -0.2) is 0 Å². The van der Waals surface area contributed by atoms with Gasteiger partial charge in [0.15, 0.2) is 0 Å². The highest BCUT2D eigenvalue weighted by atomic mass is 16.5. The summed E-state index contributed by atoms with van der Waals surface area (Å²) in [6.45, 7) is 1.83. The monoisotopic (exact) mass is 514 g/mol. The van der Waals surface area contributed by atoms with Crippen molar-refractivity contribution < 1.29 is 23.9 Å². The summed E-state index contributed by atoms with van der Waals surface area (Å²) in [7, 11) is 2.63. The van der Waals surface area contributed by atoms with Crippen molar-refractivity contribution in [2.24, 2.45) is 0 Å². The Morgan fingerprint density at radius 1 is 0.921 bits per heavy atom. The normalized spacial score (nSPS) is 10.5. The second kappa shape index (κ2) is 11.8. The molecule has 0 radical (unpaired) electrons. The Hall–Kier alpha value is -5.06. The molecule has 0 bridgehead atoms. The molecule has 2 N–H and O–H groups in total. The molecule has 0 aliphatic carbocycles. The van der Waals surface area contributed by atoms with Crippen molar-refractivity contribution in [1.29, 1.82) is 0 Å². The molecule has 11 heteroatoms. The topological polar surface area (TPSA) is 141 Å². The van der Waals surface area contributed by atoms with E-state index >= 15 is 0 Å². The van der Waals surface area contributed by atoms with Crippen LogP contribution in [0, 0.1) is 0 Å². The third-order valence-corrected chi connectivity index (χ3v) is 5.84. The SMILES string of the molecule is COC(=O)CNC(=O)c1ccc(Cn2c3ccccc3c3cc(-c4nn[nH]n4)ccc32)cc1.COC(C)=O. The standard InChI is InChI=1S/C24H20N6O3.C3H6O2/c1-33-22(31)13-25-24(32)16-8-6-15(7-9-16)14-30-20-5-3-2-4-18(20)19-12-17(10-11-21(19)30)23-26-28-29-27-23;1-3(4)5-2/h2-12H,13-14H2,1H3,(H,25,32)(H,26,27,28,29);1-2H3. The quantitative estimate of drug-likeness (QED) is 0.329. The molecule has 0 fully saturated rings. The lowest BCUT2D eigenvalue weighted by molar-refractivity contribution is -0.139. The average Bonchev–Trinajstić information content (AvgIpc) is 3.59. The number of carbonyl (C=O) groups excluding carboxylic acids is 3. The molecular formula is C27H26N6O5. The summed E-state index contributed by atoms with van der Waals surface area (Å²) in [5, 5.41) is 19.1. The van der Waals surface area contributed by atoms with Gasteiger partial charge < -0.3 is 19.4 Å². The maximum absolute atomic E-state index is 12.2. The highest BCUT2D eigenvalue weighted by Gasteiger charge is 2.14. The van der Waals surface area contributed by atoms with Gasteiger partial charge in [0, 0.05) is 46.4 Å². The maximum atomic E-state index is 12.2. The summed E-state index contributed by atoms with van der Waals surface area (Å²) in [5.74, 6) is -0.508. The number of para-hydroxylation sites is 1. The molecule has 1 amide bonds. The summed E-state index contributed by atoms with van der Waals surface area (Å²) in [4.78, 5) is 33.1. The van der Waals surface area contributed by atoms with Gasteiger partial charge in [0.1, 0.15) is 6.54 Å². The Morgan fingerprint density at radius 2 is 1.63 bits per heavy atom. The summed E-state index contributed by atoms with van der Waals surface area (Å²) in [5.41, 5.74) is 4.61. The van der Waals surface area contributed by atoms with Crippen LogP contribution in [-0.2, 0) is 25.6 Å². The fourth-order valence-electron chi connectivity index (χ4n) is 3.92. The molecule has 0 saturated heterocycles. The molecule has 0 aliphatic rings. The number of H-pyrrole nitrogens is 1. The number of amides is 1. The average molecular weight is 515 g/mol. The summed E-state index contributed by atoms with van der Waals surface area (Å²) in [6.07, 6.45) is 0. The Bertz CT molecular complexity index is 1580. The predicted molar refractivity (Wildman–Crippen MR) is 140 cm³/mol. The molecule has 3 aromatic carbocycles. The largest absolute Gasteiger partial charge is 0.469 e. The van der Waals surface area contributed by atoms with Crippen LogP contribution in [0.5, 0.6) is 0 Å². The van der Waals surface area contributed by atoms with Crippen LogP contribution in [0.3, 0.4) is 0 Å². The number of tetrazole rings is 1. The highest BCUT2D eigenvalue weighted by Crippen LogP contribution is 2.32. The van der Waals surface area contributed by atoms with E-state index in [1.54, 1.807) is 12.1 Å². The van der Waals surface area contributed by atoms with Gasteiger partial charge in [-0.2, -0.15) is 5.21 Å². The van der Waals surface area contributed by atoms with E-state index in [1.165, 1.54) is 21.1 Å². The van der Waals surface area contributed by atoms with Gasteiger partial charge >= 0.3 is 11.9 Å². The van der Waals surface area contributed by atoms with Crippen LogP contribution in [0.2, 0.25) is 0 Å². The molecule has 2 aromatic heterocycles. The molecule has 0 unspecified atom stereocenters. The van der Waals surface area contributed by atoms with Crippen LogP contribution >= 0.6 is 0 Å². The van der Waals surface area contributed by atoms with Crippen LogP contribution in [0.25, 0.3) is 33.2 Å². The van der Waals surface area contributed by atoms with E-state index in [1.807, 2.05) is 30.3 Å². The number of nitrogens with one attached hydrogen (secondary N) is 2. The zero-order chi connectivity index (χ0) is 27.1. The molecule has 5 aromatic rings. The molecule has 11 nitrogen and oxygen atoms in total. The van der Waals surface area contributed by atoms with Gasteiger partial charge in [0.2, 0.25) is 5.82 Å². The molecule has 0 atom stereocenters. The third kappa shape index (κ3) is 5.84. The molecule has 0 aliphatic heterocycles. The second-order valence-corrected chi connectivity index (χ2v) is 8.22. The summed E-state index contributed by atoms with van der Waals surface area (Å²) < 4.78 is 10.9. The van der Waals surface area contributed by atoms with Crippen molar-refractivity contribution in [3.8, 4) is 11.4 Å². The zero-order valence-corrected chi connectivity index (χ0v) is 21.1. The minimum atomic E-state index is -0.492.